The van der Waals surface area contributed by atoms with E-state index >= 15 is 0 Å². The van der Waals surface area contributed by atoms with E-state index in [1.807, 2.05) is 25.1 Å². The maximum absolute atomic E-state index is 6.14. The van der Waals surface area contributed by atoms with Crippen LogP contribution in [0.5, 0.6) is 0 Å². The molecule has 88 valence electrons. The molecule has 1 aromatic carbocycles. The van der Waals surface area contributed by atoms with Crippen LogP contribution in [0.15, 0.2) is 34.9 Å². The molecule has 2 rings (SSSR count). The molecule has 0 radical (unpaired) electrons. The van der Waals surface area contributed by atoms with Crippen LogP contribution in [0.2, 0.25) is 10.0 Å². The third-order valence-electron chi connectivity index (χ3n) is 2.26. The number of rotatable bonds is 2. The third kappa shape index (κ3) is 2.92. The standard InChI is InChI=1S/C12H9BrCl2N2/c1-7-5-10(15)11(6-9(7)14)17-12-8(13)3-2-4-16-12/h2-6H,1H3,(H,16,17). The highest BCUT2D eigenvalue weighted by atomic mass is 79.9. The van der Waals surface area contributed by atoms with Gasteiger partial charge in [0, 0.05) is 11.2 Å². The number of aromatic nitrogens is 1. The first-order valence-electron chi connectivity index (χ1n) is 4.91. The summed E-state index contributed by atoms with van der Waals surface area (Å²) in [5.41, 5.74) is 1.68. The van der Waals surface area contributed by atoms with Crippen molar-refractivity contribution in [3.05, 3.63) is 50.5 Å². The zero-order valence-corrected chi connectivity index (χ0v) is 12.1. The van der Waals surface area contributed by atoms with E-state index in [1.54, 1.807) is 12.3 Å². The van der Waals surface area contributed by atoms with Crippen LogP contribution < -0.4 is 5.32 Å². The normalized spacial score (nSPS) is 10.4. The molecule has 0 aliphatic rings. The molecule has 0 saturated carbocycles. The first-order valence-corrected chi connectivity index (χ1v) is 6.46. The lowest BCUT2D eigenvalue weighted by Gasteiger charge is -2.10. The Morgan fingerprint density at radius 3 is 2.71 bits per heavy atom. The summed E-state index contributed by atoms with van der Waals surface area (Å²) in [5, 5.41) is 4.42. The molecule has 1 heterocycles. The van der Waals surface area contributed by atoms with Gasteiger partial charge in [-0.3, -0.25) is 0 Å². The molecule has 0 atom stereocenters. The molecule has 0 amide bonds. The number of benzene rings is 1. The lowest BCUT2D eigenvalue weighted by Crippen LogP contribution is -1.95. The van der Waals surface area contributed by atoms with Crippen molar-refractivity contribution in [3.8, 4) is 0 Å². The monoisotopic (exact) mass is 330 g/mol. The number of hydrogen-bond donors (Lipinski definition) is 1. The average Bonchev–Trinajstić information content (AvgIpc) is 2.29. The van der Waals surface area contributed by atoms with Crippen LogP contribution in [0.4, 0.5) is 11.5 Å². The molecule has 5 heteroatoms. The van der Waals surface area contributed by atoms with Gasteiger partial charge in [0.05, 0.1) is 15.2 Å². The molecule has 2 nitrogen and oxygen atoms in total. The van der Waals surface area contributed by atoms with E-state index in [4.69, 9.17) is 23.2 Å². The van der Waals surface area contributed by atoms with Gasteiger partial charge >= 0.3 is 0 Å². The van der Waals surface area contributed by atoms with Crippen molar-refractivity contribution in [2.45, 2.75) is 6.92 Å². The Bertz CT molecular complexity index is 558. The molecule has 0 aliphatic heterocycles. The number of aryl methyl sites for hydroxylation is 1. The fourth-order valence-electron chi connectivity index (χ4n) is 1.35. The van der Waals surface area contributed by atoms with Crippen LogP contribution in [-0.2, 0) is 0 Å². The van der Waals surface area contributed by atoms with Crippen molar-refractivity contribution in [1.82, 2.24) is 4.98 Å². The van der Waals surface area contributed by atoms with Crippen molar-refractivity contribution in [2.75, 3.05) is 5.32 Å². The Labute approximate surface area is 118 Å². The molecule has 0 unspecified atom stereocenters. The highest BCUT2D eigenvalue weighted by Crippen LogP contribution is 2.32. The van der Waals surface area contributed by atoms with Gasteiger partial charge in [-0.1, -0.05) is 23.2 Å². The van der Waals surface area contributed by atoms with Gasteiger partial charge in [0.2, 0.25) is 0 Å². The maximum atomic E-state index is 6.14. The highest BCUT2D eigenvalue weighted by Gasteiger charge is 2.07. The lowest BCUT2D eigenvalue weighted by atomic mass is 10.2. The van der Waals surface area contributed by atoms with Crippen molar-refractivity contribution in [3.63, 3.8) is 0 Å². The summed E-state index contributed by atoms with van der Waals surface area (Å²) < 4.78 is 0.868. The Morgan fingerprint density at radius 1 is 1.24 bits per heavy atom. The fourth-order valence-corrected chi connectivity index (χ4v) is 2.13. The number of anilines is 2. The molecule has 0 fully saturated rings. The Hall–Kier alpha value is -0.770. The smallest absolute Gasteiger partial charge is 0.144 e. The zero-order valence-electron chi connectivity index (χ0n) is 8.97. The predicted molar refractivity (Wildman–Crippen MR) is 76.4 cm³/mol. The van der Waals surface area contributed by atoms with Crippen molar-refractivity contribution in [2.24, 2.45) is 0 Å². The molecule has 0 saturated heterocycles. The number of halogens is 3. The maximum Gasteiger partial charge on any atom is 0.144 e. The lowest BCUT2D eigenvalue weighted by molar-refractivity contribution is 1.29. The molecule has 0 aliphatic carbocycles. The average molecular weight is 332 g/mol. The van der Waals surface area contributed by atoms with Crippen LogP contribution in [0.1, 0.15) is 5.56 Å². The molecular weight excluding hydrogens is 323 g/mol. The summed E-state index contributed by atoms with van der Waals surface area (Å²) in [6.07, 6.45) is 1.71. The molecular formula is C12H9BrCl2N2. The molecule has 1 aromatic heterocycles. The minimum Gasteiger partial charge on any atom is -0.338 e. The van der Waals surface area contributed by atoms with Gasteiger partial charge in [0.1, 0.15) is 5.82 Å². The zero-order chi connectivity index (χ0) is 12.4. The van der Waals surface area contributed by atoms with Gasteiger partial charge in [-0.15, -0.1) is 0 Å². The molecule has 17 heavy (non-hydrogen) atoms. The van der Waals surface area contributed by atoms with E-state index in [2.05, 4.69) is 26.2 Å². The summed E-state index contributed by atoms with van der Waals surface area (Å²) >= 11 is 15.6. The van der Waals surface area contributed by atoms with Gasteiger partial charge in [-0.2, -0.15) is 0 Å². The second-order valence-electron chi connectivity index (χ2n) is 3.54. The van der Waals surface area contributed by atoms with Crippen molar-refractivity contribution < 1.29 is 0 Å². The summed E-state index contributed by atoms with van der Waals surface area (Å²) in [7, 11) is 0. The Balaban J connectivity index is 2.37. The van der Waals surface area contributed by atoms with Crippen molar-refractivity contribution in [1.29, 1.82) is 0 Å². The van der Waals surface area contributed by atoms with Gasteiger partial charge < -0.3 is 5.32 Å². The van der Waals surface area contributed by atoms with Crippen LogP contribution in [0.3, 0.4) is 0 Å². The van der Waals surface area contributed by atoms with Gasteiger partial charge in [-0.25, -0.2) is 4.98 Å². The third-order valence-corrected chi connectivity index (χ3v) is 3.62. The summed E-state index contributed by atoms with van der Waals surface area (Å²) in [5.74, 6) is 0.703. The van der Waals surface area contributed by atoms with Gasteiger partial charge in [0.15, 0.2) is 0 Å². The quantitative estimate of drug-likeness (QED) is 0.817. The first-order chi connectivity index (χ1) is 8.08. The number of nitrogens with one attached hydrogen (secondary N) is 1. The van der Waals surface area contributed by atoms with E-state index < -0.39 is 0 Å². The van der Waals surface area contributed by atoms with E-state index in [-0.39, 0.29) is 0 Å². The van der Waals surface area contributed by atoms with E-state index in [9.17, 15) is 0 Å². The second kappa shape index (κ2) is 5.25. The second-order valence-corrected chi connectivity index (χ2v) is 5.21. The predicted octanol–water partition coefficient (Wildman–Crippen LogP) is 5.20. The minimum absolute atomic E-state index is 0.615. The van der Waals surface area contributed by atoms with Crippen LogP contribution >= 0.6 is 39.1 Å². The molecule has 1 N–H and O–H groups in total. The van der Waals surface area contributed by atoms with Crippen LogP contribution in [0.25, 0.3) is 0 Å². The molecule has 0 spiro atoms. The first kappa shape index (κ1) is 12.7. The fraction of sp³-hybridized carbons (Fsp3) is 0.0833. The number of pyridine rings is 1. The van der Waals surface area contributed by atoms with E-state index in [0.717, 1.165) is 15.7 Å². The SMILES string of the molecule is Cc1cc(Cl)c(Nc2ncccc2Br)cc1Cl. The van der Waals surface area contributed by atoms with E-state index in [0.29, 0.717) is 15.9 Å². The molecule has 2 aromatic rings. The largest absolute Gasteiger partial charge is 0.338 e. The Morgan fingerprint density at radius 2 is 2.00 bits per heavy atom. The van der Waals surface area contributed by atoms with Gasteiger partial charge in [0.25, 0.3) is 0 Å². The minimum atomic E-state index is 0.615. The van der Waals surface area contributed by atoms with Crippen LogP contribution in [-0.4, -0.2) is 4.98 Å². The topological polar surface area (TPSA) is 24.9 Å². The van der Waals surface area contributed by atoms with Crippen LogP contribution in [0, 0.1) is 6.92 Å². The van der Waals surface area contributed by atoms with E-state index in [1.165, 1.54) is 0 Å². The molecule has 0 bridgehead atoms. The van der Waals surface area contributed by atoms with Crippen molar-refractivity contribution >= 4 is 50.6 Å². The summed E-state index contributed by atoms with van der Waals surface area (Å²) in [4.78, 5) is 4.21. The summed E-state index contributed by atoms with van der Waals surface area (Å²) in [6, 6.07) is 7.36. The number of hydrogen-bond acceptors (Lipinski definition) is 2. The van der Waals surface area contributed by atoms with Gasteiger partial charge in [-0.05, 0) is 52.7 Å². The highest BCUT2D eigenvalue weighted by molar-refractivity contribution is 9.10. The summed E-state index contributed by atoms with van der Waals surface area (Å²) in [6.45, 7) is 1.91. The number of nitrogens with zero attached hydrogens (tertiary/aromatic N) is 1. The Kier molecular flexibility index (Phi) is 3.92.